The minimum Gasteiger partial charge on any atom is -0.321 e. The fourth-order valence-electron chi connectivity index (χ4n) is 2.02. The van der Waals surface area contributed by atoms with Crippen molar-refractivity contribution in [2.45, 2.75) is 25.8 Å². The van der Waals surface area contributed by atoms with E-state index in [0.717, 1.165) is 24.8 Å². The molecule has 0 amide bonds. The summed E-state index contributed by atoms with van der Waals surface area (Å²) in [4.78, 5) is 4.25. The van der Waals surface area contributed by atoms with Crippen LogP contribution in [0.1, 0.15) is 25.1 Å². The second kappa shape index (κ2) is 5.51. The van der Waals surface area contributed by atoms with Crippen LogP contribution in [-0.4, -0.2) is 16.1 Å². The van der Waals surface area contributed by atoms with Gasteiger partial charge < -0.3 is 9.88 Å². The second-order valence-corrected chi connectivity index (χ2v) is 4.72. The maximum absolute atomic E-state index is 5.92. The first-order chi connectivity index (χ1) is 7.77. The maximum atomic E-state index is 5.92. The molecule has 1 heterocycles. The summed E-state index contributed by atoms with van der Waals surface area (Å²) in [6.45, 7) is 1.86. The molecule has 2 rings (SSSR count). The number of hydrogen-bond acceptors (Lipinski definition) is 2. The van der Waals surface area contributed by atoms with E-state index in [1.54, 1.807) is 6.20 Å². The van der Waals surface area contributed by atoms with Gasteiger partial charge in [-0.3, -0.25) is 0 Å². The number of allylic oxidation sites excluding steroid dienone is 2. The van der Waals surface area contributed by atoms with Gasteiger partial charge in [0, 0.05) is 7.05 Å². The predicted octanol–water partition coefficient (Wildman–Crippen LogP) is 2.52. The van der Waals surface area contributed by atoms with Crippen molar-refractivity contribution in [3.63, 3.8) is 0 Å². The summed E-state index contributed by atoms with van der Waals surface area (Å²) in [5.41, 5.74) is 0. The van der Waals surface area contributed by atoms with Gasteiger partial charge in [0.2, 0.25) is 0 Å². The van der Waals surface area contributed by atoms with Crippen LogP contribution in [0.4, 0.5) is 0 Å². The average molecular weight is 240 g/mol. The predicted molar refractivity (Wildman–Crippen MR) is 66.4 cm³/mol. The molecule has 0 fully saturated rings. The Balaban J connectivity index is 1.75. The van der Waals surface area contributed by atoms with Gasteiger partial charge in [0.15, 0.2) is 0 Å². The van der Waals surface area contributed by atoms with Gasteiger partial charge in [0.1, 0.15) is 11.0 Å². The smallest absolute Gasteiger partial charge is 0.128 e. The van der Waals surface area contributed by atoms with E-state index in [4.69, 9.17) is 11.6 Å². The topological polar surface area (TPSA) is 29.9 Å². The first-order valence-electron chi connectivity index (χ1n) is 5.79. The molecule has 0 spiro atoms. The molecule has 0 aliphatic heterocycles. The fourth-order valence-corrected chi connectivity index (χ4v) is 2.16. The highest BCUT2D eigenvalue weighted by Crippen LogP contribution is 2.17. The lowest BCUT2D eigenvalue weighted by Crippen LogP contribution is -2.24. The highest BCUT2D eigenvalue weighted by molar-refractivity contribution is 6.29. The van der Waals surface area contributed by atoms with Gasteiger partial charge in [0.05, 0.1) is 12.7 Å². The summed E-state index contributed by atoms with van der Waals surface area (Å²) >= 11 is 5.92. The Morgan fingerprint density at radius 1 is 1.56 bits per heavy atom. The van der Waals surface area contributed by atoms with Crippen molar-refractivity contribution < 1.29 is 0 Å². The lowest BCUT2D eigenvalue weighted by molar-refractivity contribution is 0.435. The van der Waals surface area contributed by atoms with E-state index in [1.807, 2.05) is 11.6 Å². The normalized spacial score (nSPS) is 20.2. The molecule has 16 heavy (non-hydrogen) atoms. The molecule has 0 saturated carbocycles. The molecule has 0 bridgehead atoms. The Kier molecular flexibility index (Phi) is 4.02. The molecular weight excluding hydrogens is 222 g/mol. The highest BCUT2D eigenvalue weighted by Gasteiger charge is 2.10. The van der Waals surface area contributed by atoms with Crippen LogP contribution in [0.2, 0.25) is 5.15 Å². The van der Waals surface area contributed by atoms with E-state index in [1.165, 1.54) is 19.3 Å². The third kappa shape index (κ3) is 2.86. The minimum absolute atomic E-state index is 0.692. The van der Waals surface area contributed by atoms with Crippen molar-refractivity contribution in [3.05, 3.63) is 29.3 Å². The van der Waals surface area contributed by atoms with E-state index >= 15 is 0 Å². The second-order valence-electron chi connectivity index (χ2n) is 4.34. The van der Waals surface area contributed by atoms with Gasteiger partial charge in [-0.2, -0.15) is 0 Å². The van der Waals surface area contributed by atoms with E-state index in [9.17, 15) is 0 Å². The Bertz CT molecular complexity index is 370. The molecular formula is C12H18ClN3. The van der Waals surface area contributed by atoms with Crippen LogP contribution in [0.5, 0.6) is 0 Å². The van der Waals surface area contributed by atoms with Crippen LogP contribution in [0.25, 0.3) is 0 Å². The van der Waals surface area contributed by atoms with Gasteiger partial charge >= 0.3 is 0 Å². The molecule has 0 radical (unpaired) electrons. The van der Waals surface area contributed by atoms with Gasteiger partial charge in [0.25, 0.3) is 0 Å². The summed E-state index contributed by atoms with van der Waals surface area (Å²) in [7, 11) is 1.94. The number of nitrogens with zero attached hydrogens (tertiary/aromatic N) is 2. The molecule has 1 aliphatic carbocycles. The summed E-state index contributed by atoms with van der Waals surface area (Å²) in [5, 5.41) is 4.14. The monoisotopic (exact) mass is 239 g/mol. The van der Waals surface area contributed by atoms with Crippen molar-refractivity contribution in [2.75, 3.05) is 6.54 Å². The van der Waals surface area contributed by atoms with Crippen molar-refractivity contribution in [3.8, 4) is 0 Å². The summed E-state index contributed by atoms with van der Waals surface area (Å²) < 4.78 is 1.91. The molecule has 1 aliphatic rings. The van der Waals surface area contributed by atoms with Crippen LogP contribution < -0.4 is 5.32 Å². The first kappa shape index (κ1) is 11.7. The van der Waals surface area contributed by atoms with E-state index < -0.39 is 0 Å². The lowest BCUT2D eigenvalue weighted by Gasteiger charge is -2.17. The van der Waals surface area contributed by atoms with Gasteiger partial charge in [-0.15, -0.1) is 0 Å². The highest BCUT2D eigenvalue weighted by atomic mass is 35.5. The van der Waals surface area contributed by atoms with Crippen LogP contribution >= 0.6 is 11.6 Å². The van der Waals surface area contributed by atoms with Crippen LogP contribution in [-0.2, 0) is 13.6 Å². The quantitative estimate of drug-likeness (QED) is 0.819. The summed E-state index contributed by atoms with van der Waals surface area (Å²) in [5.74, 6) is 1.78. The van der Waals surface area contributed by atoms with Gasteiger partial charge in [-0.05, 0) is 31.7 Å². The van der Waals surface area contributed by atoms with Crippen LogP contribution in [0, 0.1) is 5.92 Å². The summed E-state index contributed by atoms with van der Waals surface area (Å²) in [6, 6.07) is 0. The van der Waals surface area contributed by atoms with Crippen molar-refractivity contribution in [1.29, 1.82) is 0 Å². The Morgan fingerprint density at radius 3 is 3.06 bits per heavy atom. The fraction of sp³-hybridized carbons (Fsp3) is 0.583. The molecule has 4 heteroatoms. The Hall–Kier alpha value is -0.800. The zero-order chi connectivity index (χ0) is 11.4. The van der Waals surface area contributed by atoms with Crippen LogP contribution in [0.3, 0.4) is 0 Å². The van der Waals surface area contributed by atoms with E-state index in [2.05, 4.69) is 22.5 Å². The average Bonchev–Trinajstić information content (AvgIpc) is 2.62. The minimum atomic E-state index is 0.692. The van der Waals surface area contributed by atoms with Crippen LogP contribution in [0.15, 0.2) is 18.3 Å². The van der Waals surface area contributed by atoms with Gasteiger partial charge in [-0.25, -0.2) is 4.98 Å². The number of imidazole rings is 1. The van der Waals surface area contributed by atoms with E-state index in [0.29, 0.717) is 5.15 Å². The lowest BCUT2D eigenvalue weighted by atomic mass is 9.94. The molecule has 0 aromatic carbocycles. The molecule has 1 aromatic heterocycles. The van der Waals surface area contributed by atoms with E-state index in [-0.39, 0.29) is 0 Å². The standard InChI is InChI=1S/C12H18ClN3/c1-16-11(13)8-15-12(16)9-14-7-10-5-3-2-4-6-10/h2-3,8,10,14H,4-7,9H2,1H3. The third-order valence-corrected chi connectivity index (χ3v) is 3.47. The molecule has 1 atom stereocenters. The SMILES string of the molecule is Cn1c(Cl)cnc1CNCC1CC=CCC1. The Labute approximate surface area is 102 Å². The van der Waals surface area contributed by atoms with Crippen molar-refractivity contribution in [1.82, 2.24) is 14.9 Å². The third-order valence-electron chi connectivity index (χ3n) is 3.12. The molecule has 88 valence electrons. The molecule has 3 nitrogen and oxygen atoms in total. The molecule has 1 unspecified atom stereocenters. The number of hydrogen-bond donors (Lipinski definition) is 1. The number of nitrogens with one attached hydrogen (secondary N) is 1. The Morgan fingerprint density at radius 2 is 2.44 bits per heavy atom. The number of rotatable bonds is 4. The summed E-state index contributed by atoms with van der Waals surface area (Å²) in [6.07, 6.45) is 9.98. The largest absolute Gasteiger partial charge is 0.321 e. The molecule has 0 saturated heterocycles. The number of aromatic nitrogens is 2. The maximum Gasteiger partial charge on any atom is 0.128 e. The van der Waals surface area contributed by atoms with Crippen molar-refractivity contribution >= 4 is 11.6 Å². The van der Waals surface area contributed by atoms with Crippen molar-refractivity contribution in [2.24, 2.45) is 13.0 Å². The zero-order valence-corrected chi connectivity index (χ0v) is 10.4. The first-order valence-corrected chi connectivity index (χ1v) is 6.17. The zero-order valence-electron chi connectivity index (χ0n) is 9.62. The van der Waals surface area contributed by atoms with Gasteiger partial charge in [-0.1, -0.05) is 23.8 Å². The number of halogens is 1. The molecule has 1 aromatic rings. The molecule has 1 N–H and O–H groups in total.